The van der Waals surface area contributed by atoms with Gasteiger partial charge in [-0.25, -0.2) is 0 Å². The quantitative estimate of drug-likeness (QED) is 0.501. The lowest BCUT2D eigenvalue weighted by atomic mass is 9.87. The van der Waals surface area contributed by atoms with E-state index >= 15 is 0 Å². The van der Waals surface area contributed by atoms with Crippen LogP contribution < -0.4 is 0 Å². The largest absolute Gasteiger partial charge is 0.0979 e. The summed E-state index contributed by atoms with van der Waals surface area (Å²) in [7, 11) is 0. The van der Waals surface area contributed by atoms with Gasteiger partial charge in [-0.1, -0.05) is 58.1 Å². The van der Waals surface area contributed by atoms with E-state index in [2.05, 4.69) is 63.8 Å². The zero-order valence-corrected chi connectivity index (χ0v) is 10.9. The first kappa shape index (κ1) is 12.8. The van der Waals surface area contributed by atoms with E-state index < -0.39 is 0 Å². The van der Waals surface area contributed by atoms with Crippen LogP contribution in [0.1, 0.15) is 58.1 Å². The highest BCUT2D eigenvalue weighted by molar-refractivity contribution is 5.37. The highest BCUT2D eigenvalue weighted by Gasteiger charge is 2.12. The van der Waals surface area contributed by atoms with E-state index in [4.69, 9.17) is 0 Å². The van der Waals surface area contributed by atoms with Crippen LogP contribution in [0.15, 0.2) is 24.3 Å². The average molecular weight is 214 g/mol. The Balaban J connectivity index is 2.67. The topological polar surface area (TPSA) is 0 Å². The maximum absolute atomic E-state index is 3.21. The molecule has 86 valence electrons. The molecule has 16 heavy (non-hydrogen) atoms. The number of benzene rings is 1. The van der Waals surface area contributed by atoms with Crippen molar-refractivity contribution < 1.29 is 0 Å². The lowest BCUT2D eigenvalue weighted by molar-refractivity contribution is 0.590. The number of unbranched alkanes of at least 4 members (excludes halogenated alkanes) is 2. The predicted octanol–water partition coefficient (Wildman–Crippen LogP) is 4.53. The lowest BCUT2D eigenvalue weighted by Gasteiger charge is -2.18. The highest BCUT2D eigenvalue weighted by atomic mass is 14.2. The summed E-state index contributed by atoms with van der Waals surface area (Å²) < 4.78 is 0. The Kier molecular flexibility index (Phi) is 4.62. The van der Waals surface area contributed by atoms with Crippen LogP contribution in [0.5, 0.6) is 0 Å². The van der Waals surface area contributed by atoms with Crippen molar-refractivity contribution in [3.8, 4) is 11.8 Å². The Morgan fingerprint density at radius 2 is 1.69 bits per heavy atom. The van der Waals surface area contributed by atoms with Gasteiger partial charge in [0.2, 0.25) is 0 Å². The molecule has 0 aliphatic rings. The maximum Gasteiger partial charge on any atom is 0.0245 e. The van der Waals surface area contributed by atoms with Crippen molar-refractivity contribution in [3.63, 3.8) is 0 Å². The molecule has 1 rings (SSSR count). The summed E-state index contributed by atoms with van der Waals surface area (Å²) in [4.78, 5) is 0. The number of rotatable bonds is 2. The second-order valence-electron chi connectivity index (χ2n) is 5.23. The molecular weight excluding hydrogens is 192 g/mol. The van der Waals surface area contributed by atoms with Gasteiger partial charge in [-0.2, -0.15) is 0 Å². The van der Waals surface area contributed by atoms with E-state index in [1.54, 1.807) is 0 Å². The van der Waals surface area contributed by atoms with Crippen molar-refractivity contribution in [2.75, 3.05) is 0 Å². The summed E-state index contributed by atoms with van der Waals surface area (Å²) in [6, 6.07) is 8.62. The molecule has 0 aliphatic heterocycles. The average Bonchev–Trinajstić information content (AvgIpc) is 2.24. The van der Waals surface area contributed by atoms with E-state index in [0.717, 1.165) is 12.0 Å². The smallest absolute Gasteiger partial charge is 0.0245 e. The molecule has 1 aromatic rings. The third kappa shape index (κ3) is 4.11. The molecule has 0 saturated carbocycles. The minimum Gasteiger partial charge on any atom is -0.0979 e. The standard InChI is InChI=1S/C16H22/c1-5-6-7-8-9-14-10-12-15(13-11-14)16(2,3)4/h10-13H,5-7H2,1-4H3. The summed E-state index contributed by atoms with van der Waals surface area (Å²) >= 11 is 0. The second-order valence-corrected chi connectivity index (χ2v) is 5.23. The molecule has 0 bridgehead atoms. The minimum absolute atomic E-state index is 0.230. The van der Waals surface area contributed by atoms with Gasteiger partial charge in [0.15, 0.2) is 0 Å². The van der Waals surface area contributed by atoms with Crippen molar-refractivity contribution in [2.45, 2.75) is 52.4 Å². The molecule has 0 heteroatoms. The summed E-state index contributed by atoms with van der Waals surface area (Å²) in [6.07, 6.45) is 3.43. The molecule has 0 fully saturated rings. The molecule has 0 unspecified atom stereocenters. The molecule has 1 aromatic carbocycles. The lowest BCUT2D eigenvalue weighted by Crippen LogP contribution is -2.10. The van der Waals surface area contributed by atoms with E-state index in [1.165, 1.54) is 18.4 Å². The number of hydrogen-bond acceptors (Lipinski definition) is 0. The van der Waals surface area contributed by atoms with Crippen LogP contribution in [-0.2, 0) is 5.41 Å². The molecule has 0 N–H and O–H groups in total. The summed E-state index contributed by atoms with van der Waals surface area (Å²) in [5.74, 6) is 6.42. The first-order chi connectivity index (χ1) is 7.54. The summed E-state index contributed by atoms with van der Waals surface area (Å²) in [6.45, 7) is 8.89. The van der Waals surface area contributed by atoms with Gasteiger partial charge < -0.3 is 0 Å². The maximum atomic E-state index is 3.21. The van der Waals surface area contributed by atoms with Crippen LogP contribution in [0.25, 0.3) is 0 Å². The van der Waals surface area contributed by atoms with Gasteiger partial charge in [0.05, 0.1) is 0 Å². The van der Waals surface area contributed by atoms with Gasteiger partial charge in [0, 0.05) is 12.0 Å². The molecule has 0 amide bonds. The Morgan fingerprint density at radius 1 is 1.06 bits per heavy atom. The van der Waals surface area contributed by atoms with Gasteiger partial charge in [-0.15, -0.1) is 0 Å². The highest BCUT2D eigenvalue weighted by Crippen LogP contribution is 2.21. The zero-order chi connectivity index (χ0) is 12.0. The summed E-state index contributed by atoms with van der Waals surface area (Å²) in [5.41, 5.74) is 2.73. The van der Waals surface area contributed by atoms with Crippen LogP contribution in [0.4, 0.5) is 0 Å². The predicted molar refractivity (Wildman–Crippen MR) is 71.5 cm³/mol. The van der Waals surface area contributed by atoms with Crippen molar-refractivity contribution in [3.05, 3.63) is 35.4 Å². The molecule has 0 heterocycles. The number of hydrogen-bond donors (Lipinski definition) is 0. The molecule has 0 spiro atoms. The van der Waals surface area contributed by atoms with Crippen LogP contribution in [0.2, 0.25) is 0 Å². The molecule has 0 saturated heterocycles. The normalized spacial score (nSPS) is 10.8. The monoisotopic (exact) mass is 214 g/mol. The van der Waals surface area contributed by atoms with Crippen LogP contribution in [0.3, 0.4) is 0 Å². The van der Waals surface area contributed by atoms with Crippen molar-refractivity contribution >= 4 is 0 Å². The Labute approximate surface area is 100 Å². The van der Waals surface area contributed by atoms with E-state index in [0.29, 0.717) is 0 Å². The van der Waals surface area contributed by atoms with Gasteiger partial charge in [0.25, 0.3) is 0 Å². The summed E-state index contributed by atoms with van der Waals surface area (Å²) in [5, 5.41) is 0. The minimum atomic E-state index is 0.230. The molecule has 0 radical (unpaired) electrons. The van der Waals surface area contributed by atoms with Crippen molar-refractivity contribution in [1.29, 1.82) is 0 Å². The first-order valence-corrected chi connectivity index (χ1v) is 6.13. The van der Waals surface area contributed by atoms with Gasteiger partial charge in [0.1, 0.15) is 0 Å². The first-order valence-electron chi connectivity index (χ1n) is 6.13. The van der Waals surface area contributed by atoms with Gasteiger partial charge in [-0.05, 0) is 29.5 Å². The fraction of sp³-hybridized carbons (Fsp3) is 0.500. The fourth-order valence-electron chi connectivity index (χ4n) is 1.48. The molecule has 0 nitrogen and oxygen atoms in total. The molecular formula is C16H22. The Bertz CT molecular complexity index is 365. The molecule has 0 atom stereocenters. The third-order valence-electron chi connectivity index (χ3n) is 2.64. The fourth-order valence-corrected chi connectivity index (χ4v) is 1.48. The van der Waals surface area contributed by atoms with Gasteiger partial charge in [-0.3, -0.25) is 0 Å². The van der Waals surface area contributed by atoms with E-state index in [9.17, 15) is 0 Å². The van der Waals surface area contributed by atoms with Crippen LogP contribution >= 0.6 is 0 Å². The zero-order valence-electron chi connectivity index (χ0n) is 10.9. The van der Waals surface area contributed by atoms with Crippen LogP contribution in [0, 0.1) is 11.8 Å². The third-order valence-corrected chi connectivity index (χ3v) is 2.64. The van der Waals surface area contributed by atoms with Crippen molar-refractivity contribution in [1.82, 2.24) is 0 Å². The Morgan fingerprint density at radius 3 is 2.19 bits per heavy atom. The SMILES string of the molecule is CCCCC#Cc1ccc(C(C)(C)C)cc1. The van der Waals surface area contributed by atoms with E-state index in [-0.39, 0.29) is 5.41 Å². The Hall–Kier alpha value is -1.22. The molecule has 0 aromatic heterocycles. The van der Waals surface area contributed by atoms with Crippen LogP contribution in [-0.4, -0.2) is 0 Å². The molecule has 0 aliphatic carbocycles. The van der Waals surface area contributed by atoms with E-state index in [1.807, 2.05) is 0 Å². The van der Waals surface area contributed by atoms with Crippen molar-refractivity contribution in [2.24, 2.45) is 0 Å². The van der Waals surface area contributed by atoms with Gasteiger partial charge >= 0.3 is 0 Å². The second kappa shape index (κ2) is 5.75.